The quantitative estimate of drug-likeness (QED) is 0.634. The molecule has 1 saturated carbocycles. The molecular formula is C14H16O. The highest BCUT2D eigenvalue weighted by Gasteiger charge is 2.14. The first-order valence-electron chi connectivity index (χ1n) is 5.56. The van der Waals surface area contributed by atoms with E-state index in [9.17, 15) is 4.79 Å². The molecule has 1 aliphatic rings. The van der Waals surface area contributed by atoms with Crippen LogP contribution in [0.3, 0.4) is 0 Å². The van der Waals surface area contributed by atoms with Crippen molar-refractivity contribution in [3.63, 3.8) is 0 Å². The molecule has 1 aromatic carbocycles. The lowest BCUT2D eigenvalue weighted by Gasteiger charge is -2.12. The van der Waals surface area contributed by atoms with Crippen molar-refractivity contribution in [2.45, 2.75) is 32.6 Å². The van der Waals surface area contributed by atoms with E-state index in [1.165, 1.54) is 5.56 Å². The van der Waals surface area contributed by atoms with Crippen molar-refractivity contribution in [3.05, 3.63) is 41.0 Å². The highest BCUT2D eigenvalue weighted by molar-refractivity contribution is 6.00. The minimum atomic E-state index is 0.336. The predicted molar refractivity (Wildman–Crippen MR) is 62.6 cm³/mol. The average Bonchev–Trinajstić information content (AvgIpc) is 2.22. The Hall–Kier alpha value is -1.37. The van der Waals surface area contributed by atoms with Crippen LogP contribution in [-0.4, -0.2) is 5.78 Å². The zero-order valence-corrected chi connectivity index (χ0v) is 9.12. The van der Waals surface area contributed by atoms with Gasteiger partial charge in [0.1, 0.15) is 0 Å². The summed E-state index contributed by atoms with van der Waals surface area (Å²) < 4.78 is 0. The van der Waals surface area contributed by atoms with Gasteiger partial charge in [0.2, 0.25) is 0 Å². The van der Waals surface area contributed by atoms with Crippen LogP contribution in [0.15, 0.2) is 29.8 Å². The van der Waals surface area contributed by atoms with Gasteiger partial charge >= 0.3 is 0 Å². The standard InChI is InChI=1S/C14H16O/c1-11-5-4-6-12(9-11)10-13-7-2-3-8-14(13)15/h4-6,9-10H,2-3,7-8H2,1H3. The molecule has 0 amide bonds. The molecule has 0 aromatic heterocycles. The zero-order chi connectivity index (χ0) is 10.7. The van der Waals surface area contributed by atoms with Crippen LogP contribution in [0, 0.1) is 6.92 Å². The first kappa shape index (κ1) is 10.2. The Morgan fingerprint density at radius 1 is 1.20 bits per heavy atom. The molecular weight excluding hydrogens is 184 g/mol. The Morgan fingerprint density at radius 3 is 2.73 bits per heavy atom. The highest BCUT2D eigenvalue weighted by Crippen LogP contribution is 2.22. The number of carbonyl (C=O) groups excluding carboxylic acids is 1. The molecule has 15 heavy (non-hydrogen) atoms. The van der Waals surface area contributed by atoms with Crippen LogP contribution in [-0.2, 0) is 4.79 Å². The van der Waals surface area contributed by atoms with E-state index in [1.807, 2.05) is 6.07 Å². The van der Waals surface area contributed by atoms with E-state index in [-0.39, 0.29) is 0 Å². The third-order valence-electron chi connectivity index (χ3n) is 2.84. The van der Waals surface area contributed by atoms with E-state index in [4.69, 9.17) is 0 Å². The van der Waals surface area contributed by atoms with Crippen LogP contribution in [0.25, 0.3) is 6.08 Å². The van der Waals surface area contributed by atoms with Crippen molar-refractivity contribution in [2.75, 3.05) is 0 Å². The largest absolute Gasteiger partial charge is 0.295 e. The average molecular weight is 200 g/mol. The molecule has 0 atom stereocenters. The number of carbonyl (C=O) groups is 1. The van der Waals surface area contributed by atoms with Gasteiger partial charge in [0.25, 0.3) is 0 Å². The van der Waals surface area contributed by atoms with Gasteiger partial charge in [-0.15, -0.1) is 0 Å². The Labute approximate surface area is 90.8 Å². The Morgan fingerprint density at radius 2 is 2.00 bits per heavy atom. The predicted octanol–water partition coefficient (Wildman–Crippen LogP) is 3.52. The van der Waals surface area contributed by atoms with Gasteiger partial charge in [-0.2, -0.15) is 0 Å². The van der Waals surface area contributed by atoms with Crippen LogP contribution in [0.4, 0.5) is 0 Å². The topological polar surface area (TPSA) is 17.1 Å². The number of ketones is 1. The summed E-state index contributed by atoms with van der Waals surface area (Å²) in [4.78, 5) is 11.6. The second kappa shape index (κ2) is 4.43. The number of rotatable bonds is 1. The molecule has 0 unspecified atom stereocenters. The van der Waals surface area contributed by atoms with Gasteiger partial charge in [-0.25, -0.2) is 0 Å². The van der Waals surface area contributed by atoms with Crippen LogP contribution in [0.1, 0.15) is 36.8 Å². The number of benzene rings is 1. The fourth-order valence-corrected chi connectivity index (χ4v) is 2.01. The van der Waals surface area contributed by atoms with Gasteiger partial charge in [-0.1, -0.05) is 29.8 Å². The fourth-order valence-electron chi connectivity index (χ4n) is 2.01. The molecule has 2 rings (SSSR count). The van der Waals surface area contributed by atoms with Crippen LogP contribution in [0.5, 0.6) is 0 Å². The number of Topliss-reactive ketones (excluding diaryl/α,β-unsaturated/α-hetero) is 1. The van der Waals surface area contributed by atoms with E-state index in [1.54, 1.807) is 0 Å². The normalized spacial score (nSPS) is 19.5. The maximum atomic E-state index is 11.6. The lowest BCUT2D eigenvalue weighted by atomic mass is 9.92. The van der Waals surface area contributed by atoms with E-state index in [2.05, 4.69) is 31.2 Å². The van der Waals surface area contributed by atoms with E-state index in [0.29, 0.717) is 5.78 Å². The summed E-state index contributed by atoms with van der Waals surface area (Å²) in [5.74, 6) is 0.336. The molecule has 1 aromatic rings. The molecule has 0 aliphatic heterocycles. The first-order chi connectivity index (χ1) is 7.25. The zero-order valence-electron chi connectivity index (χ0n) is 9.12. The van der Waals surface area contributed by atoms with E-state index < -0.39 is 0 Å². The molecule has 0 radical (unpaired) electrons. The van der Waals surface area contributed by atoms with Gasteiger partial charge in [-0.3, -0.25) is 4.79 Å². The van der Waals surface area contributed by atoms with E-state index in [0.717, 1.165) is 36.8 Å². The summed E-state index contributed by atoms with van der Waals surface area (Å²) >= 11 is 0. The van der Waals surface area contributed by atoms with Gasteiger partial charge in [0, 0.05) is 6.42 Å². The van der Waals surface area contributed by atoms with Gasteiger partial charge in [0.15, 0.2) is 5.78 Å². The summed E-state index contributed by atoms with van der Waals surface area (Å²) in [6.07, 6.45) is 5.95. The second-order valence-corrected chi connectivity index (χ2v) is 4.21. The molecule has 0 heterocycles. The fraction of sp³-hybridized carbons (Fsp3) is 0.357. The molecule has 1 fully saturated rings. The molecule has 1 heteroatoms. The van der Waals surface area contributed by atoms with Crippen molar-refractivity contribution in [1.82, 2.24) is 0 Å². The van der Waals surface area contributed by atoms with Crippen LogP contribution >= 0.6 is 0 Å². The molecule has 0 N–H and O–H groups in total. The third-order valence-corrected chi connectivity index (χ3v) is 2.84. The third kappa shape index (κ3) is 2.56. The lowest BCUT2D eigenvalue weighted by molar-refractivity contribution is -0.116. The molecule has 1 nitrogen and oxygen atoms in total. The molecule has 0 spiro atoms. The Kier molecular flexibility index (Phi) is 3.00. The summed E-state index contributed by atoms with van der Waals surface area (Å²) in [6.45, 7) is 2.07. The minimum absolute atomic E-state index is 0.336. The SMILES string of the molecule is Cc1cccc(C=C2CCCCC2=O)c1. The number of aryl methyl sites for hydroxylation is 1. The summed E-state index contributed by atoms with van der Waals surface area (Å²) in [5, 5.41) is 0. The van der Waals surface area contributed by atoms with Crippen molar-refractivity contribution in [1.29, 1.82) is 0 Å². The van der Waals surface area contributed by atoms with Crippen molar-refractivity contribution >= 4 is 11.9 Å². The monoisotopic (exact) mass is 200 g/mol. The first-order valence-corrected chi connectivity index (χ1v) is 5.56. The smallest absolute Gasteiger partial charge is 0.158 e. The van der Waals surface area contributed by atoms with Gasteiger partial charge in [-0.05, 0) is 43.4 Å². The number of hydrogen-bond donors (Lipinski definition) is 0. The summed E-state index contributed by atoms with van der Waals surface area (Å²) in [6, 6.07) is 8.29. The van der Waals surface area contributed by atoms with Crippen molar-refractivity contribution in [2.24, 2.45) is 0 Å². The van der Waals surface area contributed by atoms with E-state index >= 15 is 0 Å². The molecule has 0 saturated heterocycles. The molecule has 1 aliphatic carbocycles. The Bertz CT molecular complexity index is 402. The molecule has 78 valence electrons. The summed E-state index contributed by atoms with van der Waals surface area (Å²) in [5.41, 5.74) is 3.40. The van der Waals surface area contributed by atoms with Crippen LogP contribution in [0.2, 0.25) is 0 Å². The van der Waals surface area contributed by atoms with Crippen molar-refractivity contribution in [3.8, 4) is 0 Å². The lowest BCUT2D eigenvalue weighted by Crippen LogP contribution is -2.07. The maximum Gasteiger partial charge on any atom is 0.158 e. The van der Waals surface area contributed by atoms with Gasteiger partial charge in [0.05, 0.1) is 0 Å². The Balaban J connectivity index is 2.25. The van der Waals surface area contributed by atoms with Crippen molar-refractivity contribution < 1.29 is 4.79 Å². The second-order valence-electron chi connectivity index (χ2n) is 4.21. The highest BCUT2D eigenvalue weighted by atomic mass is 16.1. The molecule has 0 bridgehead atoms. The minimum Gasteiger partial charge on any atom is -0.295 e. The van der Waals surface area contributed by atoms with Gasteiger partial charge < -0.3 is 0 Å². The number of allylic oxidation sites excluding steroid dienone is 1. The van der Waals surface area contributed by atoms with Crippen LogP contribution < -0.4 is 0 Å². The maximum absolute atomic E-state index is 11.6. The summed E-state index contributed by atoms with van der Waals surface area (Å²) in [7, 11) is 0. The number of hydrogen-bond acceptors (Lipinski definition) is 1.